The van der Waals surface area contributed by atoms with Gasteiger partial charge in [-0.2, -0.15) is 0 Å². The van der Waals surface area contributed by atoms with Crippen molar-refractivity contribution in [3.63, 3.8) is 0 Å². The van der Waals surface area contributed by atoms with Crippen LogP contribution in [0.4, 0.5) is 4.39 Å². The molecule has 1 spiro atoms. The minimum Gasteiger partial charge on any atom is -0.339 e. The number of hydrogen-bond acceptors (Lipinski definition) is 2. The van der Waals surface area contributed by atoms with Gasteiger partial charge in [0, 0.05) is 43.6 Å². The lowest BCUT2D eigenvalue weighted by atomic mass is 9.77. The summed E-state index contributed by atoms with van der Waals surface area (Å²) < 4.78 is 13.4. The predicted octanol–water partition coefficient (Wildman–Crippen LogP) is 3.48. The monoisotopic (exact) mass is 366 g/mol. The van der Waals surface area contributed by atoms with E-state index in [1.807, 2.05) is 46.2 Å². The van der Waals surface area contributed by atoms with Crippen LogP contribution in [0.25, 0.3) is 0 Å². The highest BCUT2D eigenvalue weighted by atomic mass is 19.1. The van der Waals surface area contributed by atoms with Crippen molar-refractivity contribution in [1.82, 2.24) is 9.80 Å². The van der Waals surface area contributed by atoms with Crippen LogP contribution in [-0.4, -0.2) is 41.2 Å². The Labute approximate surface area is 158 Å². The van der Waals surface area contributed by atoms with Gasteiger partial charge in [0.2, 0.25) is 5.91 Å². The first-order chi connectivity index (χ1) is 13.0. The van der Waals surface area contributed by atoms with Gasteiger partial charge in [0.1, 0.15) is 5.82 Å². The number of carbonyl (C=O) groups is 2. The van der Waals surface area contributed by atoms with Crippen LogP contribution >= 0.6 is 0 Å². The summed E-state index contributed by atoms with van der Waals surface area (Å²) in [4.78, 5) is 28.9. The molecule has 0 bridgehead atoms. The number of benzene rings is 2. The summed E-state index contributed by atoms with van der Waals surface area (Å²) in [5.41, 5.74) is 1.47. The van der Waals surface area contributed by atoms with Crippen LogP contribution in [0.2, 0.25) is 0 Å². The number of hydrogen-bond donors (Lipinski definition) is 0. The third kappa shape index (κ3) is 3.72. The normalized spacial score (nSPS) is 18.9. The number of likely N-dealkylation sites (tertiary alicyclic amines) is 2. The Bertz CT molecular complexity index is 844. The zero-order chi connectivity index (χ0) is 18.9. The molecule has 2 aliphatic heterocycles. The van der Waals surface area contributed by atoms with Crippen molar-refractivity contribution in [3.8, 4) is 0 Å². The van der Waals surface area contributed by atoms with Gasteiger partial charge in [-0.1, -0.05) is 30.3 Å². The van der Waals surface area contributed by atoms with Gasteiger partial charge in [0.15, 0.2) is 0 Å². The molecule has 5 heteroatoms. The molecule has 2 saturated heterocycles. The largest absolute Gasteiger partial charge is 0.339 e. The molecule has 0 saturated carbocycles. The third-order valence-electron chi connectivity index (χ3n) is 5.80. The van der Waals surface area contributed by atoms with Gasteiger partial charge in [-0.25, -0.2) is 4.39 Å². The van der Waals surface area contributed by atoms with E-state index in [0.717, 1.165) is 18.4 Å². The van der Waals surface area contributed by atoms with Crippen LogP contribution in [-0.2, 0) is 11.3 Å². The zero-order valence-corrected chi connectivity index (χ0v) is 15.2. The average Bonchev–Trinajstić information content (AvgIpc) is 2.97. The van der Waals surface area contributed by atoms with E-state index in [0.29, 0.717) is 38.2 Å². The predicted molar refractivity (Wildman–Crippen MR) is 100 cm³/mol. The summed E-state index contributed by atoms with van der Waals surface area (Å²) in [7, 11) is 0. The Morgan fingerprint density at radius 1 is 1.04 bits per heavy atom. The summed E-state index contributed by atoms with van der Waals surface area (Å²) in [6.45, 7) is 2.49. The minimum absolute atomic E-state index is 0.0577. The van der Waals surface area contributed by atoms with Crippen molar-refractivity contribution < 1.29 is 14.0 Å². The molecule has 140 valence electrons. The Balaban J connectivity index is 1.38. The molecule has 0 N–H and O–H groups in total. The van der Waals surface area contributed by atoms with E-state index in [4.69, 9.17) is 0 Å². The van der Waals surface area contributed by atoms with Crippen LogP contribution in [0, 0.1) is 11.2 Å². The van der Waals surface area contributed by atoms with Crippen molar-refractivity contribution in [2.24, 2.45) is 5.41 Å². The van der Waals surface area contributed by atoms with E-state index in [-0.39, 0.29) is 23.0 Å². The molecular formula is C22H23FN2O2. The second kappa shape index (κ2) is 7.14. The number of halogens is 1. The highest BCUT2D eigenvalue weighted by molar-refractivity contribution is 5.94. The van der Waals surface area contributed by atoms with Crippen LogP contribution in [0.3, 0.4) is 0 Å². The number of nitrogens with zero attached hydrogens (tertiary/aromatic N) is 2. The van der Waals surface area contributed by atoms with Crippen LogP contribution < -0.4 is 0 Å². The maximum absolute atomic E-state index is 13.4. The van der Waals surface area contributed by atoms with Gasteiger partial charge in [0.25, 0.3) is 5.91 Å². The maximum Gasteiger partial charge on any atom is 0.253 e. The van der Waals surface area contributed by atoms with Crippen molar-refractivity contribution in [2.75, 3.05) is 19.6 Å². The summed E-state index contributed by atoms with van der Waals surface area (Å²) in [6, 6.07) is 15.8. The molecule has 2 fully saturated rings. The zero-order valence-electron chi connectivity index (χ0n) is 15.2. The van der Waals surface area contributed by atoms with Crippen LogP contribution in [0.1, 0.15) is 35.2 Å². The van der Waals surface area contributed by atoms with Crippen LogP contribution in [0.5, 0.6) is 0 Å². The second-order valence-corrected chi connectivity index (χ2v) is 7.71. The fraction of sp³-hybridized carbons (Fsp3) is 0.364. The number of rotatable bonds is 3. The van der Waals surface area contributed by atoms with Crippen molar-refractivity contribution in [2.45, 2.75) is 25.8 Å². The summed E-state index contributed by atoms with van der Waals surface area (Å²) >= 11 is 0. The van der Waals surface area contributed by atoms with Gasteiger partial charge in [-0.3, -0.25) is 9.59 Å². The van der Waals surface area contributed by atoms with Crippen molar-refractivity contribution in [3.05, 3.63) is 71.5 Å². The van der Waals surface area contributed by atoms with E-state index in [2.05, 4.69) is 0 Å². The number of piperidine rings is 1. The smallest absolute Gasteiger partial charge is 0.253 e. The molecule has 4 rings (SSSR count). The molecule has 0 unspecified atom stereocenters. The first kappa shape index (κ1) is 17.7. The maximum atomic E-state index is 13.4. The van der Waals surface area contributed by atoms with Gasteiger partial charge in [0.05, 0.1) is 0 Å². The average molecular weight is 366 g/mol. The molecule has 0 radical (unpaired) electrons. The Kier molecular flexibility index (Phi) is 4.68. The second-order valence-electron chi connectivity index (χ2n) is 7.71. The molecular weight excluding hydrogens is 343 g/mol. The molecule has 2 aliphatic rings. The van der Waals surface area contributed by atoms with E-state index < -0.39 is 0 Å². The fourth-order valence-electron chi connectivity index (χ4n) is 4.26. The summed E-state index contributed by atoms with van der Waals surface area (Å²) in [5, 5.41) is 0. The van der Waals surface area contributed by atoms with E-state index >= 15 is 0 Å². The van der Waals surface area contributed by atoms with E-state index in [9.17, 15) is 14.0 Å². The quantitative estimate of drug-likeness (QED) is 0.834. The SMILES string of the molecule is O=C1CC2(CCN(C(=O)c3ccccc3)CC2)CN1Cc1cccc(F)c1. The third-order valence-corrected chi connectivity index (χ3v) is 5.80. The van der Waals surface area contributed by atoms with Crippen LogP contribution in [0.15, 0.2) is 54.6 Å². The van der Waals surface area contributed by atoms with Gasteiger partial charge >= 0.3 is 0 Å². The van der Waals surface area contributed by atoms with E-state index in [1.54, 1.807) is 6.07 Å². The first-order valence-electron chi connectivity index (χ1n) is 9.41. The van der Waals surface area contributed by atoms with Gasteiger partial charge < -0.3 is 9.80 Å². The Morgan fingerprint density at radius 2 is 1.78 bits per heavy atom. The Hall–Kier alpha value is -2.69. The van der Waals surface area contributed by atoms with Crippen molar-refractivity contribution >= 4 is 11.8 Å². The van der Waals surface area contributed by atoms with Gasteiger partial charge in [-0.15, -0.1) is 0 Å². The summed E-state index contributed by atoms with van der Waals surface area (Å²) in [6.07, 6.45) is 2.18. The van der Waals surface area contributed by atoms with E-state index in [1.165, 1.54) is 12.1 Å². The standard InChI is InChI=1S/C22H23FN2O2/c23-19-8-4-5-17(13-19)15-25-16-22(14-20(25)26)9-11-24(12-10-22)21(27)18-6-2-1-3-7-18/h1-8,13H,9-12,14-16H2. The molecule has 2 aromatic carbocycles. The molecule has 0 atom stereocenters. The van der Waals surface area contributed by atoms with Crippen molar-refractivity contribution in [1.29, 1.82) is 0 Å². The number of amides is 2. The lowest BCUT2D eigenvalue weighted by molar-refractivity contribution is -0.128. The fourth-order valence-corrected chi connectivity index (χ4v) is 4.26. The molecule has 27 heavy (non-hydrogen) atoms. The molecule has 2 aromatic rings. The molecule has 2 heterocycles. The first-order valence-corrected chi connectivity index (χ1v) is 9.41. The lowest BCUT2D eigenvalue weighted by Crippen LogP contribution is -2.44. The molecule has 2 amide bonds. The molecule has 4 nitrogen and oxygen atoms in total. The number of carbonyl (C=O) groups excluding carboxylic acids is 2. The summed E-state index contributed by atoms with van der Waals surface area (Å²) in [5.74, 6) is -0.0879. The highest BCUT2D eigenvalue weighted by Gasteiger charge is 2.45. The topological polar surface area (TPSA) is 40.6 Å². The highest BCUT2D eigenvalue weighted by Crippen LogP contribution is 2.41. The molecule has 0 aliphatic carbocycles. The minimum atomic E-state index is -0.276. The Morgan fingerprint density at radius 3 is 2.48 bits per heavy atom. The van der Waals surface area contributed by atoms with Gasteiger partial charge in [-0.05, 0) is 42.7 Å². The lowest BCUT2D eigenvalue weighted by Gasteiger charge is -2.38. The molecule has 0 aromatic heterocycles.